The predicted molar refractivity (Wildman–Crippen MR) is 53.7 cm³/mol. The first-order chi connectivity index (χ1) is 5.87. The van der Waals surface area contributed by atoms with Gasteiger partial charge in [-0.15, -0.1) is 0 Å². The normalized spacial score (nSPS) is 14.2. The van der Waals surface area contributed by atoms with E-state index in [-0.39, 0.29) is 11.3 Å². The summed E-state index contributed by atoms with van der Waals surface area (Å²) < 4.78 is 0. The van der Waals surface area contributed by atoms with Gasteiger partial charge in [0.05, 0.1) is 0 Å². The monoisotopic (exact) mass is 187 g/mol. The van der Waals surface area contributed by atoms with Crippen molar-refractivity contribution in [3.8, 4) is 0 Å². The maximum atomic E-state index is 11.0. The Balaban J connectivity index is 3.59. The van der Waals surface area contributed by atoms with Gasteiger partial charge < -0.3 is 10.4 Å². The molecule has 0 amide bonds. The Hall–Kier alpha value is -0.410. The number of hydrogen-bond donors (Lipinski definition) is 2. The summed E-state index contributed by atoms with van der Waals surface area (Å²) in [5.74, 6) is -0.0734. The summed E-state index contributed by atoms with van der Waals surface area (Å²) in [4.78, 5) is 11.0. The number of Topliss-reactive ketones (excluding diaryl/α,β-unsaturated/α-hetero) is 1. The minimum Gasteiger partial charge on any atom is -0.385 e. The first kappa shape index (κ1) is 12.6. The number of ketones is 1. The van der Waals surface area contributed by atoms with Crippen LogP contribution < -0.4 is 5.32 Å². The summed E-state index contributed by atoms with van der Waals surface area (Å²) >= 11 is 0. The lowest BCUT2D eigenvalue weighted by molar-refractivity contribution is -0.127. The molecule has 0 saturated carbocycles. The van der Waals surface area contributed by atoms with Gasteiger partial charge >= 0.3 is 0 Å². The van der Waals surface area contributed by atoms with Crippen LogP contribution in [0.2, 0.25) is 0 Å². The molecule has 0 rings (SSSR count). The second-order valence-corrected chi connectivity index (χ2v) is 4.30. The van der Waals surface area contributed by atoms with Crippen molar-refractivity contribution in [3.63, 3.8) is 0 Å². The minimum absolute atomic E-state index is 0.0506. The van der Waals surface area contributed by atoms with Crippen LogP contribution in [0.15, 0.2) is 0 Å². The maximum absolute atomic E-state index is 11.0. The van der Waals surface area contributed by atoms with Crippen molar-refractivity contribution in [2.24, 2.45) is 0 Å². The quantitative estimate of drug-likeness (QED) is 0.677. The zero-order valence-electron chi connectivity index (χ0n) is 9.05. The molecular weight excluding hydrogens is 166 g/mol. The molecule has 0 aliphatic heterocycles. The SMILES string of the molecule is CCC(=O)C(O)CCNC(C)(C)C. The molecule has 0 aromatic carbocycles. The predicted octanol–water partition coefficient (Wildman–Crippen LogP) is 1.10. The topological polar surface area (TPSA) is 49.3 Å². The van der Waals surface area contributed by atoms with Gasteiger partial charge in [0, 0.05) is 12.0 Å². The van der Waals surface area contributed by atoms with Crippen LogP contribution >= 0.6 is 0 Å². The van der Waals surface area contributed by atoms with E-state index in [9.17, 15) is 9.90 Å². The van der Waals surface area contributed by atoms with Crippen molar-refractivity contribution >= 4 is 5.78 Å². The third-order valence-corrected chi connectivity index (χ3v) is 1.79. The molecule has 3 heteroatoms. The van der Waals surface area contributed by atoms with E-state index in [1.807, 2.05) is 0 Å². The summed E-state index contributed by atoms with van der Waals surface area (Å²) in [6, 6.07) is 0. The zero-order valence-corrected chi connectivity index (χ0v) is 9.05. The summed E-state index contributed by atoms with van der Waals surface area (Å²) in [6.07, 6.45) is 0.125. The van der Waals surface area contributed by atoms with Crippen molar-refractivity contribution in [2.45, 2.75) is 52.2 Å². The molecule has 1 unspecified atom stereocenters. The Morgan fingerprint density at radius 2 is 2.00 bits per heavy atom. The fourth-order valence-corrected chi connectivity index (χ4v) is 0.980. The largest absolute Gasteiger partial charge is 0.385 e. The van der Waals surface area contributed by atoms with Crippen LogP contribution in [0.5, 0.6) is 0 Å². The molecule has 3 nitrogen and oxygen atoms in total. The molecule has 0 aliphatic rings. The van der Waals surface area contributed by atoms with Crippen LogP contribution in [0, 0.1) is 0 Å². The summed E-state index contributed by atoms with van der Waals surface area (Å²) in [5, 5.41) is 12.5. The van der Waals surface area contributed by atoms with E-state index >= 15 is 0 Å². The molecule has 0 aromatic heterocycles. The third-order valence-electron chi connectivity index (χ3n) is 1.79. The van der Waals surface area contributed by atoms with Gasteiger partial charge in [0.1, 0.15) is 6.10 Å². The standard InChI is InChI=1S/C10H21NO2/c1-5-8(12)9(13)6-7-11-10(2,3)4/h9,11,13H,5-7H2,1-4H3. The number of rotatable bonds is 5. The lowest BCUT2D eigenvalue weighted by atomic mass is 10.1. The second-order valence-electron chi connectivity index (χ2n) is 4.30. The molecule has 0 fully saturated rings. The van der Waals surface area contributed by atoms with E-state index in [2.05, 4.69) is 26.1 Å². The van der Waals surface area contributed by atoms with E-state index in [1.54, 1.807) is 6.92 Å². The van der Waals surface area contributed by atoms with Gasteiger partial charge in [-0.1, -0.05) is 6.92 Å². The van der Waals surface area contributed by atoms with Gasteiger partial charge in [0.15, 0.2) is 5.78 Å². The average molecular weight is 187 g/mol. The van der Waals surface area contributed by atoms with Crippen LogP contribution in [0.4, 0.5) is 0 Å². The molecular formula is C10H21NO2. The van der Waals surface area contributed by atoms with Gasteiger partial charge in [-0.2, -0.15) is 0 Å². The van der Waals surface area contributed by atoms with E-state index in [0.717, 1.165) is 0 Å². The molecule has 0 spiro atoms. The van der Waals surface area contributed by atoms with Crippen LogP contribution in [0.1, 0.15) is 40.5 Å². The highest BCUT2D eigenvalue weighted by Crippen LogP contribution is 2.01. The maximum Gasteiger partial charge on any atom is 0.161 e. The molecule has 2 N–H and O–H groups in total. The number of hydrogen-bond acceptors (Lipinski definition) is 3. The second kappa shape index (κ2) is 5.35. The molecule has 78 valence electrons. The lowest BCUT2D eigenvalue weighted by Crippen LogP contribution is -2.38. The van der Waals surface area contributed by atoms with Crippen molar-refractivity contribution in [1.29, 1.82) is 0 Å². The lowest BCUT2D eigenvalue weighted by Gasteiger charge is -2.21. The molecule has 1 atom stereocenters. The van der Waals surface area contributed by atoms with E-state index in [0.29, 0.717) is 19.4 Å². The Morgan fingerprint density at radius 3 is 2.38 bits per heavy atom. The number of aliphatic hydroxyl groups excluding tert-OH is 1. The highest BCUT2D eigenvalue weighted by molar-refractivity contribution is 5.82. The van der Waals surface area contributed by atoms with Crippen molar-refractivity contribution < 1.29 is 9.90 Å². The van der Waals surface area contributed by atoms with Crippen molar-refractivity contribution in [2.75, 3.05) is 6.54 Å². The van der Waals surface area contributed by atoms with Crippen LogP contribution in [-0.4, -0.2) is 29.1 Å². The smallest absolute Gasteiger partial charge is 0.161 e. The Bertz CT molecular complexity index is 161. The highest BCUT2D eigenvalue weighted by Gasteiger charge is 2.14. The third kappa shape index (κ3) is 6.72. The van der Waals surface area contributed by atoms with Gasteiger partial charge in [-0.05, 0) is 33.7 Å². The number of aliphatic hydroxyl groups is 1. The molecule has 0 radical (unpaired) electrons. The first-order valence-corrected chi connectivity index (χ1v) is 4.82. The minimum atomic E-state index is -0.792. The first-order valence-electron chi connectivity index (χ1n) is 4.82. The van der Waals surface area contributed by atoms with Crippen LogP contribution in [0.25, 0.3) is 0 Å². The molecule has 0 heterocycles. The summed E-state index contributed by atoms with van der Waals surface area (Å²) in [7, 11) is 0. The van der Waals surface area contributed by atoms with Gasteiger partial charge in [-0.3, -0.25) is 4.79 Å². The van der Waals surface area contributed by atoms with Gasteiger partial charge in [0.25, 0.3) is 0 Å². The van der Waals surface area contributed by atoms with Gasteiger partial charge in [-0.25, -0.2) is 0 Å². The molecule has 0 bridgehead atoms. The Morgan fingerprint density at radius 1 is 1.46 bits per heavy atom. The molecule has 13 heavy (non-hydrogen) atoms. The van der Waals surface area contributed by atoms with Crippen LogP contribution in [-0.2, 0) is 4.79 Å². The fourth-order valence-electron chi connectivity index (χ4n) is 0.980. The number of carbonyl (C=O) groups is 1. The van der Waals surface area contributed by atoms with E-state index in [1.165, 1.54) is 0 Å². The Labute approximate surface area is 80.5 Å². The fraction of sp³-hybridized carbons (Fsp3) is 0.900. The molecule has 0 aromatic rings. The number of carbonyl (C=O) groups excluding carboxylic acids is 1. The average Bonchev–Trinajstić information content (AvgIpc) is 2.00. The molecule has 0 saturated heterocycles. The molecule has 0 aliphatic carbocycles. The Kier molecular flexibility index (Phi) is 5.18. The van der Waals surface area contributed by atoms with Gasteiger partial charge in [0.2, 0.25) is 0 Å². The van der Waals surface area contributed by atoms with Crippen molar-refractivity contribution in [3.05, 3.63) is 0 Å². The van der Waals surface area contributed by atoms with Crippen LogP contribution in [0.3, 0.4) is 0 Å². The highest BCUT2D eigenvalue weighted by atomic mass is 16.3. The van der Waals surface area contributed by atoms with E-state index < -0.39 is 6.10 Å². The number of nitrogens with one attached hydrogen (secondary N) is 1. The summed E-state index contributed by atoms with van der Waals surface area (Å²) in [6.45, 7) is 8.61. The van der Waals surface area contributed by atoms with E-state index in [4.69, 9.17) is 0 Å². The zero-order chi connectivity index (χ0) is 10.5. The summed E-state index contributed by atoms with van der Waals surface area (Å²) in [5.41, 5.74) is 0.0506. The van der Waals surface area contributed by atoms with Crippen molar-refractivity contribution in [1.82, 2.24) is 5.32 Å².